The van der Waals surface area contributed by atoms with Crippen LogP contribution in [0.25, 0.3) is 11.1 Å². The van der Waals surface area contributed by atoms with Gasteiger partial charge in [0, 0.05) is 16.9 Å². The van der Waals surface area contributed by atoms with Crippen LogP contribution in [0.2, 0.25) is 0 Å². The fourth-order valence-electron chi connectivity index (χ4n) is 4.03. The van der Waals surface area contributed by atoms with Crippen LogP contribution in [0, 0.1) is 12.1 Å². The Morgan fingerprint density at radius 1 is 0.676 bits per heavy atom. The van der Waals surface area contributed by atoms with Crippen molar-refractivity contribution in [1.29, 1.82) is 0 Å². The molecule has 0 amide bonds. The number of nitrogens with zero attached hydrogens (tertiary/aromatic N) is 2. The van der Waals surface area contributed by atoms with Crippen LogP contribution < -0.4 is 0 Å². The minimum atomic E-state index is -4.35. The molecule has 37 heavy (non-hydrogen) atoms. The van der Waals surface area contributed by atoms with E-state index in [0.717, 1.165) is 31.2 Å². The van der Waals surface area contributed by atoms with Crippen LogP contribution in [-0.4, -0.2) is 103 Å². The first-order valence-corrected chi connectivity index (χ1v) is 15.2. The minimum Gasteiger partial charge on any atom is -0.748 e. The van der Waals surface area contributed by atoms with Crippen LogP contribution in [0.3, 0.4) is 0 Å². The SMILES string of the molecule is C[N+](C)(C)C.C[N+](C)(C)C.O=S(=O)([O-])CCCC1(CCCS(=O)(=O)[O-])c2c[c]ccc2-c2cc[c]cc21. The van der Waals surface area contributed by atoms with E-state index in [4.69, 9.17) is 0 Å². The number of rotatable bonds is 8. The molecule has 1 aliphatic rings. The summed E-state index contributed by atoms with van der Waals surface area (Å²) in [4.78, 5) is 0. The molecule has 0 N–H and O–H groups in total. The van der Waals surface area contributed by atoms with Crippen molar-refractivity contribution in [2.75, 3.05) is 67.9 Å². The van der Waals surface area contributed by atoms with Gasteiger partial charge in [0.1, 0.15) is 0 Å². The molecule has 0 atom stereocenters. The molecule has 2 aromatic rings. The number of fused-ring (bicyclic) bond motifs is 3. The summed E-state index contributed by atoms with van der Waals surface area (Å²) in [5, 5.41) is 0. The number of benzene rings is 2. The molecule has 2 aromatic carbocycles. The van der Waals surface area contributed by atoms with Crippen molar-refractivity contribution in [1.82, 2.24) is 0 Å². The van der Waals surface area contributed by atoms with E-state index in [-0.39, 0.29) is 12.8 Å². The van der Waals surface area contributed by atoms with E-state index >= 15 is 0 Å². The van der Waals surface area contributed by atoms with Crippen molar-refractivity contribution in [3.05, 3.63) is 59.7 Å². The van der Waals surface area contributed by atoms with Crippen molar-refractivity contribution < 1.29 is 34.9 Å². The van der Waals surface area contributed by atoms with Gasteiger partial charge in [-0.3, -0.25) is 0 Å². The zero-order valence-electron chi connectivity index (χ0n) is 23.4. The summed E-state index contributed by atoms with van der Waals surface area (Å²) >= 11 is 0. The van der Waals surface area contributed by atoms with E-state index in [9.17, 15) is 25.9 Å². The number of hydrogen-bond donors (Lipinski definition) is 0. The second-order valence-electron chi connectivity index (χ2n) is 12.1. The summed E-state index contributed by atoms with van der Waals surface area (Å²) in [7, 11) is 8.29. The summed E-state index contributed by atoms with van der Waals surface area (Å²) < 4.78 is 68.3. The Morgan fingerprint density at radius 2 is 0.973 bits per heavy atom. The van der Waals surface area contributed by atoms with Crippen molar-refractivity contribution in [2.45, 2.75) is 31.1 Å². The highest BCUT2D eigenvalue weighted by Crippen LogP contribution is 2.53. The summed E-state index contributed by atoms with van der Waals surface area (Å²) in [6.45, 7) is 0. The summed E-state index contributed by atoms with van der Waals surface area (Å²) in [5.74, 6) is -0.987. The Hall–Kier alpha value is -1.82. The van der Waals surface area contributed by atoms with Crippen LogP contribution in [0.5, 0.6) is 0 Å². The first-order valence-electron chi connectivity index (χ1n) is 12.1. The maximum Gasteiger partial charge on any atom is 0.0945 e. The van der Waals surface area contributed by atoms with E-state index in [1.165, 1.54) is 0 Å². The van der Waals surface area contributed by atoms with E-state index < -0.39 is 37.2 Å². The topological polar surface area (TPSA) is 114 Å². The third kappa shape index (κ3) is 13.0. The van der Waals surface area contributed by atoms with Crippen LogP contribution in [0.4, 0.5) is 0 Å². The Labute approximate surface area is 224 Å². The molecule has 0 aliphatic heterocycles. The van der Waals surface area contributed by atoms with Gasteiger partial charge in [0.2, 0.25) is 0 Å². The van der Waals surface area contributed by atoms with Gasteiger partial charge in [0.15, 0.2) is 0 Å². The molecule has 2 radical (unpaired) electrons. The van der Waals surface area contributed by atoms with Gasteiger partial charge in [-0.05, 0) is 72.2 Å². The molecule has 10 heteroatoms. The lowest BCUT2D eigenvalue weighted by Crippen LogP contribution is -2.27. The first kappa shape index (κ1) is 33.2. The third-order valence-corrected chi connectivity index (χ3v) is 6.62. The fourth-order valence-corrected chi connectivity index (χ4v) is 5.03. The lowest BCUT2D eigenvalue weighted by molar-refractivity contribution is -0.849. The lowest BCUT2D eigenvalue weighted by atomic mass is 9.71. The van der Waals surface area contributed by atoms with Gasteiger partial charge in [-0.1, -0.05) is 24.3 Å². The van der Waals surface area contributed by atoms with Gasteiger partial charge in [-0.25, -0.2) is 16.8 Å². The van der Waals surface area contributed by atoms with Gasteiger partial charge in [-0.2, -0.15) is 0 Å². The van der Waals surface area contributed by atoms with Crippen LogP contribution in [-0.2, 0) is 25.7 Å². The molecule has 0 heterocycles. The zero-order chi connectivity index (χ0) is 28.7. The highest BCUT2D eigenvalue weighted by atomic mass is 32.2. The monoisotopic (exact) mass is 554 g/mol. The molecule has 0 spiro atoms. The normalized spacial score (nSPS) is 14.4. The second-order valence-corrected chi connectivity index (χ2v) is 15.2. The van der Waals surface area contributed by atoms with Crippen molar-refractivity contribution in [3.8, 4) is 11.1 Å². The highest BCUT2D eigenvalue weighted by Gasteiger charge is 2.42. The maximum absolute atomic E-state index is 11.1. The molecule has 0 unspecified atom stereocenters. The minimum absolute atomic E-state index is 0.138. The Kier molecular flexibility index (Phi) is 11.5. The Balaban J connectivity index is 0.000000583. The quantitative estimate of drug-likeness (QED) is 0.366. The zero-order valence-corrected chi connectivity index (χ0v) is 25.0. The number of hydrogen-bond acceptors (Lipinski definition) is 6. The molecular weight excluding hydrogens is 512 g/mol. The molecule has 8 nitrogen and oxygen atoms in total. The first-order chi connectivity index (χ1) is 16.6. The predicted molar refractivity (Wildman–Crippen MR) is 146 cm³/mol. The van der Waals surface area contributed by atoms with Gasteiger partial charge in [0.25, 0.3) is 0 Å². The summed E-state index contributed by atoms with van der Waals surface area (Å²) in [5.41, 5.74) is 3.08. The molecule has 208 valence electrons. The molecule has 0 bridgehead atoms. The van der Waals surface area contributed by atoms with E-state index in [2.05, 4.69) is 68.5 Å². The Morgan fingerprint density at radius 3 is 1.24 bits per heavy atom. The van der Waals surface area contributed by atoms with Crippen molar-refractivity contribution >= 4 is 20.2 Å². The van der Waals surface area contributed by atoms with Gasteiger partial charge in [0.05, 0.1) is 76.6 Å². The van der Waals surface area contributed by atoms with E-state index in [1.54, 1.807) is 12.1 Å². The molecule has 0 aromatic heterocycles. The molecule has 1 aliphatic carbocycles. The van der Waals surface area contributed by atoms with Crippen molar-refractivity contribution in [3.63, 3.8) is 0 Å². The molecule has 0 saturated heterocycles. The average molecular weight is 555 g/mol. The van der Waals surface area contributed by atoms with Gasteiger partial charge < -0.3 is 18.1 Å². The van der Waals surface area contributed by atoms with Gasteiger partial charge in [-0.15, -0.1) is 0 Å². The number of quaternary nitrogens is 2. The molecule has 3 rings (SSSR count). The molecule has 0 fully saturated rings. The highest BCUT2D eigenvalue weighted by molar-refractivity contribution is 7.85. The van der Waals surface area contributed by atoms with Crippen LogP contribution in [0.1, 0.15) is 36.8 Å². The summed E-state index contributed by atoms with van der Waals surface area (Å²) in [6, 6.07) is 17.0. The van der Waals surface area contributed by atoms with Crippen LogP contribution in [0.15, 0.2) is 36.4 Å². The average Bonchev–Trinajstić information content (AvgIpc) is 2.95. The fraction of sp³-hybridized carbons (Fsp3) is 0.556. The molecule has 0 saturated carbocycles. The Bertz CT molecular complexity index is 1120. The van der Waals surface area contributed by atoms with E-state index in [0.29, 0.717) is 12.8 Å². The summed E-state index contributed by atoms with van der Waals surface area (Å²) in [6.07, 6.45) is 0.976. The van der Waals surface area contributed by atoms with Gasteiger partial charge >= 0.3 is 0 Å². The smallest absolute Gasteiger partial charge is 0.0945 e. The second kappa shape index (κ2) is 12.8. The lowest BCUT2D eigenvalue weighted by Gasteiger charge is -2.33. The predicted octanol–water partition coefficient (Wildman–Crippen LogP) is 2.85. The van der Waals surface area contributed by atoms with Crippen molar-refractivity contribution in [2.24, 2.45) is 0 Å². The van der Waals surface area contributed by atoms with E-state index in [1.807, 2.05) is 24.3 Å². The molecular formula is C27H42N2O6S2. The largest absolute Gasteiger partial charge is 0.748 e. The maximum atomic E-state index is 11.1. The van der Waals surface area contributed by atoms with Crippen LogP contribution >= 0.6 is 0 Å². The third-order valence-electron chi connectivity index (χ3n) is 5.05. The standard InChI is InChI=1S/C19H20O6S2.2C4H12N/c20-26(21,22)13-5-11-19(12-6-14-27(23,24)25)17-9-3-1-7-15(17)16-8-2-4-10-18(16)19;2*1-5(2,3)4/h1-2,7-10H,5-6,11-14H2,(H,20,21,22)(H,23,24,25);2*1-4H3/q;2*+1/p-2.